The van der Waals surface area contributed by atoms with Gasteiger partial charge in [0.15, 0.2) is 5.84 Å². The van der Waals surface area contributed by atoms with Gasteiger partial charge in [0.1, 0.15) is 0 Å². The summed E-state index contributed by atoms with van der Waals surface area (Å²) in [5, 5.41) is 3.60. The van der Waals surface area contributed by atoms with Crippen LogP contribution >= 0.6 is 0 Å². The number of oxime groups is 1. The Labute approximate surface area is 110 Å². The van der Waals surface area contributed by atoms with E-state index in [-0.39, 0.29) is 5.84 Å². The molecule has 0 spiro atoms. The lowest BCUT2D eigenvalue weighted by Crippen LogP contribution is -2.15. The number of carbonyl (C=O) groups excluding carboxylic acids is 1. The molecule has 0 saturated carbocycles. The topological polar surface area (TPSA) is 77.6 Å². The number of hydrogen-bond donors (Lipinski definition) is 1. The fraction of sp³-hybridized carbons (Fsp3) is 0.0714. The van der Waals surface area contributed by atoms with E-state index in [0.29, 0.717) is 11.1 Å². The van der Waals surface area contributed by atoms with Crippen LogP contribution in [0.3, 0.4) is 0 Å². The first kappa shape index (κ1) is 12.8. The predicted molar refractivity (Wildman–Crippen MR) is 71.6 cm³/mol. The Morgan fingerprint density at radius 2 is 1.95 bits per heavy atom. The molecule has 0 aliphatic heterocycles. The van der Waals surface area contributed by atoms with Gasteiger partial charge >= 0.3 is 5.97 Å². The van der Waals surface area contributed by atoms with E-state index in [1.807, 2.05) is 19.1 Å². The van der Waals surface area contributed by atoms with Gasteiger partial charge in [-0.1, -0.05) is 22.9 Å². The minimum Gasteiger partial charge on any atom is -0.380 e. The molecule has 2 aromatic rings. The summed E-state index contributed by atoms with van der Waals surface area (Å²) in [6, 6.07) is 10.4. The van der Waals surface area contributed by atoms with Crippen molar-refractivity contribution in [1.29, 1.82) is 0 Å². The maximum atomic E-state index is 11.7. The van der Waals surface area contributed by atoms with E-state index in [1.165, 1.54) is 0 Å². The van der Waals surface area contributed by atoms with Gasteiger partial charge in [-0.3, -0.25) is 4.98 Å². The predicted octanol–water partition coefficient (Wildman–Crippen LogP) is 1.87. The average molecular weight is 255 g/mol. The smallest absolute Gasteiger partial charge is 0.365 e. The molecule has 5 heteroatoms. The van der Waals surface area contributed by atoms with E-state index >= 15 is 0 Å². The zero-order valence-electron chi connectivity index (χ0n) is 10.4. The third-order valence-electron chi connectivity index (χ3n) is 2.47. The number of aryl methyl sites for hydroxylation is 1. The van der Waals surface area contributed by atoms with Crippen molar-refractivity contribution in [2.24, 2.45) is 10.9 Å². The molecular weight excluding hydrogens is 242 g/mol. The minimum absolute atomic E-state index is 0.105. The lowest BCUT2D eigenvalue weighted by molar-refractivity contribution is 0.0516. The fourth-order valence-corrected chi connectivity index (χ4v) is 1.40. The zero-order valence-corrected chi connectivity index (χ0v) is 10.4. The van der Waals surface area contributed by atoms with Gasteiger partial charge in [-0.25, -0.2) is 4.79 Å². The number of nitrogens with two attached hydrogens (primary N) is 1. The molecule has 96 valence electrons. The molecule has 2 N–H and O–H groups in total. The Kier molecular flexibility index (Phi) is 3.87. The Morgan fingerprint density at radius 1 is 1.21 bits per heavy atom. The Morgan fingerprint density at radius 3 is 2.58 bits per heavy atom. The molecule has 5 nitrogen and oxygen atoms in total. The first-order valence-corrected chi connectivity index (χ1v) is 5.68. The largest absolute Gasteiger partial charge is 0.380 e. The number of benzene rings is 1. The zero-order chi connectivity index (χ0) is 13.7. The second kappa shape index (κ2) is 5.77. The third kappa shape index (κ3) is 3.38. The van der Waals surface area contributed by atoms with E-state index in [2.05, 4.69) is 10.1 Å². The summed E-state index contributed by atoms with van der Waals surface area (Å²) in [7, 11) is 0. The Bertz CT molecular complexity index is 592. The van der Waals surface area contributed by atoms with Crippen LogP contribution in [0.4, 0.5) is 0 Å². The summed E-state index contributed by atoms with van der Waals surface area (Å²) in [6.07, 6.45) is 3.16. The van der Waals surface area contributed by atoms with Crippen molar-refractivity contribution < 1.29 is 9.63 Å². The molecule has 0 atom stereocenters. The van der Waals surface area contributed by atoms with Crippen molar-refractivity contribution in [2.75, 3.05) is 0 Å². The quantitative estimate of drug-likeness (QED) is 0.393. The molecule has 19 heavy (non-hydrogen) atoms. The van der Waals surface area contributed by atoms with Crippen LogP contribution in [0.15, 0.2) is 53.9 Å². The molecule has 1 heterocycles. The van der Waals surface area contributed by atoms with E-state index < -0.39 is 5.97 Å². The van der Waals surface area contributed by atoms with Crippen molar-refractivity contribution in [2.45, 2.75) is 6.92 Å². The summed E-state index contributed by atoms with van der Waals surface area (Å²) < 4.78 is 0. The highest BCUT2D eigenvalue weighted by atomic mass is 16.7. The number of carbonyl (C=O) groups is 1. The Hall–Kier alpha value is -2.69. The summed E-state index contributed by atoms with van der Waals surface area (Å²) >= 11 is 0. The van der Waals surface area contributed by atoms with Gasteiger partial charge < -0.3 is 10.6 Å². The third-order valence-corrected chi connectivity index (χ3v) is 2.47. The molecule has 0 amide bonds. The van der Waals surface area contributed by atoms with Gasteiger partial charge in [0, 0.05) is 18.0 Å². The SMILES string of the molecule is Cc1ccc(C(=O)O/N=C(/N)c2cccnc2)cc1. The maximum absolute atomic E-state index is 11.7. The molecule has 0 fully saturated rings. The molecule has 1 aromatic heterocycles. The van der Waals surface area contributed by atoms with E-state index in [0.717, 1.165) is 5.56 Å². The van der Waals surface area contributed by atoms with Gasteiger partial charge in [0.25, 0.3) is 0 Å². The summed E-state index contributed by atoms with van der Waals surface area (Å²) in [6.45, 7) is 1.94. The van der Waals surface area contributed by atoms with Gasteiger partial charge in [0.2, 0.25) is 0 Å². The first-order valence-electron chi connectivity index (χ1n) is 5.68. The molecule has 0 aliphatic carbocycles. The van der Waals surface area contributed by atoms with Gasteiger partial charge in [-0.2, -0.15) is 0 Å². The van der Waals surface area contributed by atoms with Crippen molar-refractivity contribution in [3.05, 3.63) is 65.5 Å². The second-order valence-corrected chi connectivity index (χ2v) is 3.96. The normalized spacial score (nSPS) is 11.1. The van der Waals surface area contributed by atoms with Crippen LogP contribution in [-0.2, 0) is 4.84 Å². The average Bonchev–Trinajstić information content (AvgIpc) is 2.46. The summed E-state index contributed by atoms with van der Waals surface area (Å²) in [4.78, 5) is 20.4. The monoisotopic (exact) mass is 255 g/mol. The van der Waals surface area contributed by atoms with Crippen molar-refractivity contribution in [3.8, 4) is 0 Å². The van der Waals surface area contributed by atoms with Crippen LogP contribution in [0.1, 0.15) is 21.5 Å². The molecule has 0 bridgehead atoms. The highest BCUT2D eigenvalue weighted by Gasteiger charge is 2.07. The molecule has 1 aromatic carbocycles. The number of amidine groups is 1. The van der Waals surface area contributed by atoms with Crippen LogP contribution in [0.2, 0.25) is 0 Å². The molecule has 2 rings (SSSR count). The van der Waals surface area contributed by atoms with Gasteiger partial charge in [0.05, 0.1) is 5.56 Å². The van der Waals surface area contributed by atoms with E-state index in [4.69, 9.17) is 10.6 Å². The fourth-order valence-electron chi connectivity index (χ4n) is 1.40. The summed E-state index contributed by atoms with van der Waals surface area (Å²) in [5.41, 5.74) is 7.76. The Balaban J connectivity index is 2.06. The first-order chi connectivity index (χ1) is 9.16. The van der Waals surface area contributed by atoms with Crippen molar-refractivity contribution in [3.63, 3.8) is 0 Å². The number of aromatic nitrogens is 1. The van der Waals surface area contributed by atoms with Crippen LogP contribution in [-0.4, -0.2) is 16.8 Å². The van der Waals surface area contributed by atoms with Crippen LogP contribution in [0.5, 0.6) is 0 Å². The molecular formula is C14H13N3O2. The van der Waals surface area contributed by atoms with Gasteiger partial charge in [-0.15, -0.1) is 0 Å². The van der Waals surface area contributed by atoms with E-state index in [9.17, 15) is 4.79 Å². The molecule has 0 radical (unpaired) electrons. The van der Waals surface area contributed by atoms with Crippen LogP contribution in [0.25, 0.3) is 0 Å². The lowest BCUT2D eigenvalue weighted by atomic mass is 10.2. The highest BCUT2D eigenvalue weighted by molar-refractivity contribution is 5.97. The molecule has 0 saturated heterocycles. The number of nitrogens with zero attached hydrogens (tertiary/aromatic N) is 2. The highest BCUT2D eigenvalue weighted by Crippen LogP contribution is 2.05. The van der Waals surface area contributed by atoms with Crippen LogP contribution in [0, 0.1) is 6.92 Å². The van der Waals surface area contributed by atoms with Gasteiger partial charge in [-0.05, 0) is 31.2 Å². The molecule has 0 aliphatic rings. The number of hydrogen-bond acceptors (Lipinski definition) is 4. The standard InChI is InChI=1S/C14H13N3O2/c1-10-4-6-11(7-5-10)14(18)19-17-13(15)12-3-2-8-16-9-12/h2-9H,1H3,(H2,15,17). The molecule has 0 unspecified atom stereocenters. The number of pyridine rings is 1. The minimum atomic E-state index is -0.549. The van der Waals surface area contributed by atoms with Crippen molar-refractivity contribution >= 4 is 11.8 Å². The van der Waals surface area contributed by atoms with Crippen LogP contribution < -0.4 is 5.73 Å². The summed E-state index contributed by atoms with van der Waals surface area (Å²) in [5.74, 6) is -0.444. The maximum Gasteiger partial charge on any atom is 0.365 e. The second-order valence-electron chi connectivity index (χ2n) is 3.96. The number of rotatable bonds is 3. The van der Waals surface area contributed by atoms with E-state index in [1.54, 1.807) is 36.7 Å². The lowest BCUT2D eigenvalue weighted by Gasteiger charge is -2.01. The van der Waals surface area contributed by atoms with Crippen molar-refractivity contribution in [1.82, 2.24) is 4.98 Å².